The fourth-order valence-electron chi connectivity index (χ4n) is 4.63. The highest BCUT2D eigenvalue weighted by Gasteiger charge is 2.21. The van der Waals surface area contributed by atoms with E-state index in [-0.39, 0.29) is 6.61 Å². The summed E-state index contributed by atoms with van der Waals surface area (Å²) >= 11 is 1.80. The second-order valence-electron chi connectivity index (χ2n) is 9.39. The molecule has 0 unspecified atom stereocenters. The molecule has 2 heterocycles. The Morgan fingerprint density at radius 1 is 1.03 bits per heavy atom. The second-order valence-corrected chi connectivity index (χ2v) is 12.7. The lowest BCUT2D eigenvalue weighted by Crippen LogP contribution is -2.11. The molecule has 0 N–H and O–H groups in total. The van der Waals surface area contributed by atoms with Gasteiger partial charge in [-0.3, -0.25) is 9.55 Å². The Morgan fingerprint density at radius 2 is 1.81 bits per heavy atom. The molecule has 0 atom stereocenters. The molecule has 1 fully saturated rings. The maximum atomic E-state index is 11.8. The van der Waals surface area contributed by atoms with Crippen molar-refractivity contribution in [3.8, 4) is 22.6 Å². The minimum atomic E-state index is -3.22. The molecule has 5 rings (SSSR count). The molecule has 0 aliphatic heterocycles. The average Bonchev–Trinajstić information content (AvgIpc) is 3.30. The molecule has 0 amide bonds. The van der Waals surface area contributed by atoms with Crippen molar-refractivity contribution in [2.24, 2.45) is 0 Å². The topological polar surface area (TPSA) is 87.0 Å². The number of sulfone groups is 1. The van der Waals surface area contributed by atoms with E-state index < -0.39 is 9.84 Å². The third kappa shape index (κ3) is 6.05. The van der Waals surface area contributed by atoms with Crippen LogP contribution in [0.3, 0.4) is 0 Å². The zero-order valence-corrected chi connectivity index (χ0v) is 22.6. The molecule has 0 radical (unpaired) electrons. The Bertz CT molecular complexity index is 1460. The third-order valence-electron chi connectivity index (χ3n) is 6.59. The van der Waals surface area contributed by atoms with Gasteiger partial charge in [0.05, 0.1) is 16.8 Å². The SMILES string of the molecule is Cc1cc(OCc2nnc(SC3CCCCC3)n2-c2cccnc2)ccc1-c1ccc(S(C)(=O)=O)cc1. The van der Waals surface area contributed by atoms with E-state index in [0.717, 1.165) is 39.1 Å². The lowest BCUT2D eigenvalue weighted by atomic mass is 10.0. The van der Waals surface area contributed by atoms with E-state index in [1.807, 2.05) is 55.6 Å². The lowest BCUT2D eigenvalue weighted by Gasteiger charge is -2.20. The number of ether oxygens (including phenoxy) is 1. The number of aryl methyl sites for hydroxylation is 1. The van der Waals surface area contributed by atoms with Gasteiger partial charge in [0.25, 0.3) is 0 Å². The first-order valence-corrected chi connectivity index (χ1v) is 15.2. The highest BCUT2D eigenvalue weighted by atomic mass is 32.2. The zero-order valence-electron chi connectivity index (χ0n) is 21.0. The number of rotatable bonds is 8. The first-order valence-electron chi connectivity index (χ1n) is 12.4. The van der Waals surface area contributed by atoms with Crippen molar-refractivity contribution in [2.45, 2.75) is 60.9 Å². The van der Waals surface area contributed by atoms with Crippen LogP contribution in [0.15, 0.2) is 77.0 Å². The van der Waals surface area contributed by atoms with Crippen molar-refractivity contribution in [1.82, 2.24) is 19.7 Å². The zero-order chi connectivity index (χ0) is 25.8. The first kappa shape index (κ1) is 25.5. The Balaban J connectivity index is 1.34. The molecule has 1 aliphatic rings. The molecular formula is C28H30N4O3S2. The standard InChI is InChI=1S/C28H30N4O3S2/c1-20-17-23(12-15-26(20)21-10-13-25(14-11-21)37(2,33)34)35-19-27-30-31-28(36-24-8-4-3-5-9-24)32(27)22-7-6-16-29-18-22/h6-7,10-18,24H,3-5,8-9,19H2,1-2H3. The highest BCUT2D eigenvalue weighted by molar-refractivity contribution is 7.99. The Hall–Kier alpha value is -3.17. The molecule has 1 aliphatic carbocycles. The van der Waals surface area contributed by atoms with Gasteiger partial charge >= 0.3 is 0 Å². The molecule has 2 aromatic heterocycles. The lowest BCUT2D eigenvalue weighted by molar-refractivity contribution is 0.292. The maximum Gasteiger partial charge on any atom is 0.196 e. The van der Waals surface area contributed by atoms with E-state index in [9.17, 15) is 8.42 Å². The van der Waals surface area contributed by atoms with Crippen LogP contribution in [0, 0.1) is 6.92 Å². The number of thioether (sulfide) groups is 1. The van der Waals surface area contributed by atoms with Crippen LogP contribution in [-0.2, 0) is 16.4 Å². The van der Waals surface area contributed by atoms with Crippen molar-refractivity contribution < 1.29 is 13.2 Å². The summed E-state index contributed by atoms with van der Waals surface area (Å²) < 4.78 is 31.7. The molecule has 9 heteroatoms. The molecule has 0 saturated heterocycles. The molecule has 1 saturated carbocycles. The smallest absolute Gasteiger partial charge is 0.196 e. The third-order valence-corrected chi connectivity index (χ3v) is 9.00. The number of benzene rings is 2. The normalized spacial score (nSPS) is 14.5. The highest BCUT2D eigenvalue weighted by Crippen LogP contribution is 2.34. The van der Waals surface area contributed by atoms with Gasteiger partial charge < -0.3 is 4.74 Å². The summed E-state index contributed by atoms with van der Waals surface area (Å²) in [4.78, 5) is 4.61. The monoisotopic (exact) mass is 534 g/mol. The number of hydrogen-bond acceptors (Lipinski definition) is 7. The van der Waals surface area contributed by atoms with E-state index in [2.05, 4.69) is 19.7 Å². The average molecular weight is 535 g/mol. The summed E-state index contributed by atoms with van der Waals surface area (Å²) in [5, 5.41) is 10.4. The molecular weight excluding hydrogens is 504 g/mol. The van der Waals surface area contributed by atoms with Crippen molar-refractivity contribution in [1.29, 1.82) is 0 Å². The Labute approximate surface area is 222 Å². The van der Waals surface area contributed by atoms with Gasteiger partial charge in [0.2, 0.25) is 0 Å². The Kier molecular flexibility index (Phi) is 7.62. The summed E-state index contributed by atoms with van der Waals surface area (Å²) in [7, 11) is -3.22. The van der Waals surface area contributed by atoms with Gasteiger partial charge in [0.1, 0.15) is 12.4 Å². The van der Waals surface area contributed by atoms with E-state index in [0.29, 0.717) is 10.1 Å². The van der Waals surface area contributed by atoms with Crippen LogP contribution >= 0.6 is 11.8 Å². The van der Waals surface area contributed by atoms with E-state index >= 15 is 0 Å². The van der Waals surface area contributed by atoms with Crippen LogP contribution in [-0.4, -0.2) is 39.7 Å². The number of nitrogens with zero attached hydrogens (tertiary/aromatic N) is 4. The van der Waals surface area contributed by atoms with Gasteiger partial charge in [0.15, 0.2) is 20.8 Å². The summed E-state index contributed by atoms with van der Waals surface area (Å²) in [6.45, 7) is 2.29. The van der Waals surface area contributed by atoms with Crippen LogP contribution < -0.4 is 4.74 Å². The van der Waals surface area contributed by atoms with Crippen LogP contribution in [0.4, 0.5) is 0 Å². The predicted octanol–water partition coefficient (Wildman–Crippen LogP) is 6.05. The van der Waals surface area contributed by atoms with Crippen LogP contribution in [0.2, 0.25) is 0 Å². The molecule has 2 aromatic carbocycles. The van der Waals surface area contributed by atoms with E-state index in [4.69, 9.17) is 4.74 Å². The van der Waals surface area contributed by atoms with Crippen molar-refractivity contribution >= 4 is 21.6 Å². The fourth-order valence-corrected chi connectivity index (χ4v) is 6.53. The summed E-state index contributed by atoms with van der Waals surface area (Å²) in [6, 6.07) is 16.8. The molecule has 192 valence electrons. The summed E-state index contributed by atoms with van der Waals surface area (Å²) in [6.07, 6.45) is 11.1. The predicted molar refractivity (Wildman–Crippen MR) is 146 cm³/mol. The summed E-state index contributed by atoms with van der Waals surface area (Å²) in [5.41, 5.74) is 3.94. The molecule has 4 aromatic rings. The number of hydrogen-bond donors (Lipinski definition) is 0. The molecule has 7 nitrogen and oxygen atoms in total. The molecule has 37 heavy (non-hydrogen) atoms. The van der Waals surface area contributed by atoms with Crippen molar-refractivity contribution in [3.05, 3.63) is 78.4 Å². The minimum absolute atomic E-state index is 0.273. The van der Waals surface area contributed by atoms with E-state index in [1.54, 1.807) is 30.1 Å². The largest absolute Gasteiger partial charge is 0.486 e. The van der Waals surface area contributed by atoms with Crippen molar-refractivity contribution in [3.63, 3.8) is 0 Å². The van der Waals surface area contributed by atoms with Gasteiger partial charge in [-0.05, 0) is 72.9 Å². The fraction of sp³-hybridized carbons (Fsp3) is 0.321. The number of pyridine rings is 1. The van der Waals surface area contributed by atoms with Gasteiger partial charge in [-0.15, -0.1) is 10.2 Å². The second kappa shape index (κ2) is 11.1. The van der Waals surface area contributed by atoms with E-state index in [1.165, 1.54) is 38.4 Å². The van der Waals surface area contributed by atoms with Gasteiger partial charge in [-0.1, -0.05) is 49.2 Å². The molecule has 0 spiro atoms. The van der Waals surface area contributed by atoms with Crippen LogP contribution in [0.5, 0.6) is 5.75 Å². The van der Waals surface area contributed by atoms with Gasteiger partial charge in [-0.2, -0.15) is 0 Å². The summed E-state index contributed by atoms with van der Waals surface area (Å²) in [5.74, 6) is 1.46. The Morgan fingerprint density at radius 3 is 2.49 bits per heavy atom. The molecule has 0 bridgehead atoms. The number of aromatic nitrogens is 4. The van der Waals surface area contributed by atoms with Gasteiger partial charge in [-0.25, -0.2) is 8.42 Å². The van der Waals surface area contributed by atoms with Crippen molar-refractivity contribution in [2.75, 3.05) is 6.26 Å². The van der Waals surface area contributed by atoms with Crippen LogP contribution in [0.1, 0.15) is 43.5 Å². The quantitative estimate of drug-likeness (QED) is 0.272. The first-order chi connectivity index (χ1) is 17.9. The minimum Gasteiger partial charge on any atom is -0.486 e. The van der Waals surface area contributed by atoms with Gasteiger partial charge in [0, 0.05) is 17.7 Å². The van der Waals surface area contributed by atoms with Crippen LogP contribution in [0.25, 0.3) is 16.8 Å². The maximum absolute atomic E-state index is 11.8.